The standard InChI is InChI=1S/C14H14N2O3/c17-9-12-7-4-8-15-13(12)16-14(18)19-10-11-5-2-1-3-6-11/h1-8,17H,9-10H2,(H,15,16,18). The lowest BCUT2D eigenvalue weighted by atomic mass is 10.2. The lowest BCUT2D eigenvalue weighted by Crippen LogP contribution is -2.15. The number of amides is 1. The predicted molar refractivity (Wildman–Crippen MR) is 70.4 cm³/mol. The van der Waals surface area contributed by atoms with Crippen molar-refractivity contribution in [2.24, 2.45) is 0 Å². The Kier molecular flexibility index (Phi) is 4.47. The Hall–Kier alpha value is -2.40. The molecule has 5 nitrogen and oxygen atoms in total. The van der Waals surface area contributed by atoms with Gasteiger partial charge in [-0.05, 0) is 11.6 Å². The van der Waals surface area contributed by atoms with Crippen molar-refractivity contribution < 1.29 is 14.6 Å². The van der Waals surface area contributed by atoms with Gasteiger partial charge in [0.2, 0.25) is 0 Å². The highest BCUT2D eigenvalue weighted by Gasteiger charge is 2.08. The predicted octanol–water partition coefficient (Wildman–Crippen LogP) is 2.32. The van der Waals surface area contributed by atoms with Crippen molar-refractivity contribution in [3.05, 3.63) is 59.8 Å². The highest BCUT2D eigenvalue weighted by molar-refractivity contribution is 5.84. The Morgan fingerprint density at radius 1 is 1.21 bits per heavy atom. The highest BCUT2D eigenvalue weighted by atomic mass is 16.5. The van der Waals surface area contributed by atoms with Crippen LogP contribution in [-0.2, 0) is 18.0 Å². The van der Waals surface area contributed by atoms with Crippen LogP contribution in [0.5, 0.6) is 0 Å². The molecule has 0 saturated heterocycles. The lowest BCUT2D eigenvalue weighted by molar-refractivity contribution is 0.155. The van der Waals surface area contributed by atoms with E-state index in [1.54, 1.807) is 12.1 Å². The molecule has 2 aromatic rings. The molecule has 19 heavy (non-hydrogen) atoms. The Balaban J connectivity index is 1.91. The molecule has 98 valence electrons. The van der Waals surface area contributed by atoms with E-state index in [1.807, 2.05) is 30.3 Å². The first-order valence-electron chi connectivity index (χ1n) is 5.82. The molecule has 0 aliphatic heterocycles. The molecule has 1 aromatic heterocycles. The lowest BCUT2D eigenvalue weighted by Gasteiger charge is -2.08. The number of rotatable bonds is 4. The molecule has 0 radical (unpaired) electrons. The number of ether oxygens (including phenoxy) is 1. The Morgan fingerprint density at radius 3 is 2.74 bits per heavy atom. The minimum absolute atomic E-state index is 0.188. The smallest absolute Gasteiger partial charge is 0.413 e. The summed E-state index contributed by atoms with van der Waals surface area (Å²) in [6, 6.07) is 12.7. The second kappa shape index (κ2) is 6.51. The summed E-state index contributed by atoms with van der Waals surface area (Å²) in [6.07, 6.45) is 0.934. The van der Waals surface area contributed by atoms with E-state index in [2.05, 4.69) is 10.3 Å². The number of aliphatic hydroxyl groups is 1. The van der Waals surface area contributed by atoms with E-state index in [0.29, 0.717) is 11.4 Å². The summed E-state index contributed by atoms with van der Waals surface area (Å²) in [4.78, 5) is 15.6. The second-order valence-corrected chi connectivity index (χ2v) is 3.86. The first-order valence-corrected chi connectivity index (χ1v) is 5.82. The summed E-state index contributed by atoms with van der Waals surface area (Å²) < 4.78 is 5.06. The van der Waals surface area contributed by atoms with Crippen molar-refractivity contribution in [1.29, 1.82) is 0 Å². The van der Waals surface area contributed by atoms with Gasteiger partial charge >= 0.3 is 6.09 Å². The summed E-state index contributed by atoms with van der Waals surface area (Å²) >= 11 is 0. The van der Waals surface area contributed by atoms with Crippen molar-refractivity contribution in [2.75, 3.05) is 5.32 Å². The molecule has 0 fully saturated rings. The third-order valence-electron chi connectivity index (χ3n) is 2.49. The van der Waals surface area contributed by atoms with Crippen LogP contribution >= 0.6 is 0 Å². The average Bonchev–Trinajstić information content (AvgIpc) is 2.47. The van der Waals surface area contributed by atoms with E-state index in [1.165, 1.54) is 6.20 Å². The van der Waals surface area contributed by atoms with Crippen molar-refractivity contribution in [3.8, 4) is 0 Å². The number of benzene rings is 1. The minimum atomic E-state index is -0.600. The molecular formula is C14H14N2O3. The van der Waals surface area contributed by atoms with E-state index in [9.17, 15) is 4.79 Å². The SMILES string of the molecule is O=C(Nc1ncccc1CO)OCc1ccccc1. The van der Waals surface area contributed by atoms with Gasteiger partial charge in [-0.15, -0.1) is 0 Å². The zero-order valence-electron chi connectivity index (χ0n) is 10.2. The molecule has 0 unspecified atom stereocenters. The monoisotopic (exact) mass is 258 g/mol. The van der Waals surface area contributed by atoms with Gasteiger partial charge in [0.25, 0.3) is 0 Å². The number of hydrogen-bond acceptors (Lipinski definition) is 4. The fourth-order valence-electron chi connectivity index (χ4n) is 1.53. The summed E-state index contributed by atoms with van der Waals surface area (Å²) in [6.45, 7) is -0.00387. The van der Waals surface area contributed by atoms with E-state index >= 15 is 0 Å². The molecule has 2 N–H and O–H groups in total. The minimum Gasteiger partial charge on any atom is -0.444 e. The first kappa shape index (κ1) is 13.0. The van der Waals surface area contributed by atoms with Crippen LogP contribution in [0, 0.1) is 0 Å². The number of carbonyl (C=O) groups excluding carboxylic acids is 1. The molecule has 1 amide bonds. The van der Waals surface area contributed by atoms with Gasteiger partial charge in [-0.2, -0.15) is 0 Å². The molecule has 1 heterocycles. The summed E-state index contributed by atoms with van der Waals surface area (Å²) in [5, 5.41) is 11.6. The second-order valence-electron chi connectivity index (χ2n) is 3.86. The number of nitrogens with one attached hydrogen (secondary N) is 1. The fourth-order valence-corrected chi connectivity index (χ4v) is 1.53. The maximum absolute atomic E-state index is 11.6. The Morgan fingerprint density at radius 2 is 2.00 bits per heavy atom. The zero-order chi connectivity index (χ0) is 13.5. The van der Waals surface area contributed by atoms with E-state index in [-0.39, 0.29) is 13.2 Å². The third kappa shape index (κ3) is 3.79. The number of aliphatic hydroxyl groups excluding tert-OH is 1. The number of pyridine rings is 1. The molecule has 0 saturated carbocycles. The van der Waals surface area contributed by atoms with Crippen LogP contribution in [0.2, 0.25) is 0 Å². The van der Waals surface area contributed by atoms with Gasteiger partial charge in [-0.3, -0.25) is 5.32 Å². The van der Waals surface area contributed by atoms with Gasteiger partial charge in [0.05, 0.1) is 6.61 Å². The van der Waals surface area contributed by atoms with Gasteiger partial charge in [-0.25, -0.2) is 9.78 Å². The van der Waals surface area contributed by atoms with Gasteiger partial charge < -0.3 is 9.84 Å². The van der Waals surface area contributed by atoms with Gasteiger partial charge in [0.15, 0.2) is 0 Å². The molecular weight excluding hydrogens is 244 g/mol. The molecule has 0 bridgehead atoms. The number of carbonyl (C=O) groups is 1. The quantitative estimate of drug-likeness (QED) is 0.882. The highest BCUT2D eigenvalue weighted by Crippen LogP contribution is 2.11. The molecule has 0 spiro atoms. The van der Waals surface area contributed by atoms with Crippen LogP contribution in [0.3, 0.4) is 0 Å². The zero-order valence-corrected chi connectivity index (χ0v) is 10.2. The van der Waals surface area contributed by atoms with Crippen LogP contribution < -0.4 is 5.32 Å². The fraction of sp³-hybridized carbons (Fsp3) is 0.143. The van der Waals surface area contributed by atoms with E-state index in [4.69, 9.17) is 9.84 Å². The van der Waals surface area contributed by atoms with Gasteiger partial charge in [0.1, 0.15) is 12.4 Å². The number of aromatic nitrogens is 1. The summed E-state index contributed by atoms with van der Waals surface area (Å²) in [5.41, 5.74) is 1.44. The summed E-state index contributed by atoms with van der Waals surface area (Å²) in [7, 11) is 0. The van der Waals surface area contributed by atoms with E-state index < -0.39 is 6.09 Å². The maximum Gasteiger partial charge on any atom is 0.413 e. The van der Waals surface area contributed by atoms with Crippen molar-refractivity contribution >= 4 is 11.9 Å². The normalized spacial score (nSPS) is 9.95. The molecule has 2 rings (SSSR count). The summed E-state index contributed by atoms with van der Waals surface area (Å²) in [5.74, 6) is 0.308. The van der Waals surface area contributed by atoms with Crippen molar-refractivity contribution in [2.45, 2.75) is 13.2 Å². The molecule has 0 atom stereocenters. The topological polar surface area (TPSA) is 71.5 Å². The molecule has 1 aromatic carbocycles. The number of hydrogen-bond donors (Lipinski definition) is 2. The van der Waals surface area contributed by atoms with E-state index in [0.717, 1.165) is 5.56 Å². The molecule has 0 aliphatic carbocycles. The largest absolute Gasteiger partial charge is 0.444 e. The van der Waals surface area contributed by atoms with Crippen LogP contribution in [0.15, 0.2) is 48.7 Å². The van der Waals surface area contributed by atoms with Crippen molar-refractivity contribution in [3.63, 3.8) is 0 Å². The average molecular weight is 258 g/mol. The third-order valence-corrected chi connectivity index (χ3v) is 2.49. The Labute approximate surface area is 110 Å². The van der Waals surface area contributed by atoms with Crippen LogP contribution in [0.4, 0.5) is 10.6 Å². The number of nitrogens with zero attached hydrogens (tertiary/aromatic N) is 1. The molecule has 0 aliphatic rings. The van der Waals surface area contributed by atoms with Gasteiger partial charge in [-0.1, -0.05) is 36.4 Å². The van der Waals surface area contributed by atoms with Crippen LogP contribution in [0.1, 0.15) is 11.1 Å². The molecule has 5 heteroatoms. The van der Waals surface area contributed by atoms with Crippen LogP contribution in [-0.4, -0.2) is 16.2 Å². The maximum atomic E-state index is 11.6. The Bertz CT molecular complexity index is 543. The first-order chi connectivity index (χ1) is 9.29. The number of anilines is 1. The van der Waals surface area contributed by atoms with Crippen LogP contribution in [0.25, 0.3) is 0 Å². The van der Waals surface area contributed by atoms with Crippen molar-refractivity contribution in [1.82, 2.24) is 4.98 Å². The van der Waals surface area contributed by atoms with Gasteiger partial charge in [0, 0.05) is 11.8 Å².